The van der Waals surface area contributed by atoms with Gasteiger partial charge in [-0.05, 0) is 13.5 Å². The van der Waals surface area contributed by atoms with Crippen LogP contribution in [0.3, 0.4) is 0 Å². The van der Waals surface area contributed by atoms with Gasteiger partial charge in [0.25, 0.3) is 0 Å². The van der Waals surface area contributed by atoms with Gasteiger partial charge in [-0.15, -0.1) is 0 Å². The van der Waals surface area contributed by atoms with E-state index >= 15 is 0 Å². The summed E-state index contributed by atoms with van der Waals surface area (Å²) in [5.41, 5.74) is 4.67. The van der Waals surface area contributed by atoms with Crippen LogP contribution in [0.4, 0.5) is 12.9 Å². The number of primary amides is 1. The number of hydrogen-bond acceptors (Lipinski definition) is 2. The monoisotopic (exact) mass is 169 g/mol. The molecule has 66 valence electrons. The zero-order valence-electron chi connectivity index (χ0n) is 6.06. The highest BCUT2D eigenvalue weighted by Gasteiger charge is 2.25. The van der Waals surface area contributed by atoms with Crippen molar-refractivity contribution in [3.8, 4) is 0 Å². The molecule has 0 spiro atoms. The van der Waals surface area contributed by atoms with Crippen LogP contribution in [0.2, 0.25) is 0 Å². The number of carbonyl (C=O) groups is 1. The minimum atomic E-state index is -4.86. The van der Waals surface area contributed by atoms with Crippen LogP contribution in [0.5, 0.6) is 0 Å². The maximum absolute atomic E-state index is 11.6. The molecule has 0 aliphatic carbocycles. The second-order valence-electron chi connectivity index (χ2n) is 2.37. The number of nitrogens with zero attached hydrogens (tertiary/aromatic N) is 1. The van der Waals surface area contributed by atoms with Gasteiger partial charge in [0.1, 0.15) is 0 Å². The van der Waals surface area contributed by atoms with Crippen LogP contribution in [0, 0.1) is 0 Å². The van der Waals surface area contributed by atoms with Crippen LogP contribution >= 0.6 is 0 Å². The van der Waals surface area contributed by atoms with Crippen molar-refractivity contribution < 1.29 is 17.7 Å². The van der Waals surface area contributed by atoms with E-state index in [1.807, 2.05) is 0 Å². The van der Waals surface area contributed by atoms with E-state index in [-0.39, 0.29) is 6.54 Å². The van der Waals surface area contributed by atoms with Gasteiger partial charge in [-0.2, -0.15) is 0 Å². The first kappa shape index (κ1) is 10.3. The van der Waals surface area contributed by atoms with Gasteiger partial charge >= 0.3 is 6.98 Å². The van der Waals surface area contributed by atoms with Gasteiger partial charge in [0.2, 0.25) is 5.91 Å². The van der Waals surface area contributed by atoms with Gasteiger partial charge in [-0.1, -0.05) is 0 Å². The molecule has 0 heterocycles. The number of hydrogen-bond donors (Lipinski definition) is 1. The minimum Gasteiger partial charge on any atom is -0.448 e. The standard InChI is InChI=1S/C4H9BF3N2O/c1-10(2-4(9)11)3-5(6,7)8/h2-3H2,1H3,(H2,9,11)/q-1. The van der Waals surface area contributed by atoms with Crippen LogP contribution in [0.15, 0.2) is 0 Å². The van der Waals surface area contributed by atoms with Crippen LogP contribution < -0.4 is 5.73 Å². The van der Waals surface area contributed by atoms with Crippen molar-refractivity contribution >= 4 is 12.9 Å². The molecule has 0 atom stereocenters. The summed E-state index contributed by atoms with van der Waals surface area (Å²) in [6.45, 7) is -5.22. The molecule has 0 aromatic carbocycles. The third-order valence-corrected chi connectivity index (χ3v) is 0.944. The van der Waals surface area contributed by atoms with Crippen molar-refractivity contribution in [2.24, 2.45) is 5.73 Å². The Hall–Kier alpha value is -0.715. The predicted octanol–water partition coefficient (Wildman–Crippen LogP) is -0.210. The molecule has 0 aromatic heterocycles. The van der Waals surface area contributed by atoms with Gasteiger partial charge < -0.3 is 23.6 Å². The first-order valence-electron chi connectivity index (χ1n) is 2.99. The predicted molar refractivity (Wildman–Crippen MR) is 35.8 cm³/mol. The highest BCUT2D eigenvalue weighted by atomic mass is 19.4. The van der Waals surface area contributed by atoms with E-state index in [2.05, 4.69) is 5.73 Å². The lowest BCUT2D eigenvalue weighted by molar-refractivity contribution is -0.118. The fourth-order valence-corrected chi connectivity index (χ4v) is 0.684. The average molecular weight is 169 g/mol. The summed E-state index contributed by atoms with van der Waals surface area (Å²) >= 11 is 0. The van der Waals surface area contributed by atoms with Crippen LogP contribution in [0.25, 0.3) is 0 Å². The largest absolute Gasteiger partial charge is 0.492 e. The summed E-state index contributed by atoms with van der Waals surface area (Å²) in [6.07, 6.45) is -1.05. The van der Waals surface area contributed by atoms with E-state index in [0.29, 0.717) is 0 Å². The third-order valence-electron chi connectivity index (χ3n) is 0.944. The number of halogens is 3. The Morgan fingerprint density at radius 1 is 1.55 bits per heavy atom. The summed E-state index contributed by atoms with van der Waals surface area (Å²) in [4.78, 5) is 11.0. The zero-order chi connectivity index (χ0) is 9.07. The molecule has 7 heteroatoms. The quantitative estimate of drug-likeness (QED) is 0.591. The fraction of sp³-hybridized carbons (Fsp3) is 0.750. The second-order valence-corrected chi connectivity index (χ2v) is 2.37. The molecule has 0 aliphatic rings. The Morgan fingerprint density at radius 3 is 2.27 bits per heavy atom. The van der Waals surface area contributed by atoms with Crippen molar-refractivity contribution in [2.75, 3.05) is 20.0 Å². The fourth-order valence-electron chi connectivity index (χ4n) is 0.684. The second kappa shape index (κ2) is 3.61. The van der Waals surface area contributed by atoms with Gasteiger partial charge in [-0.25, -0.2) is 0 Å². The van der Waals surface area contributed by atoms with Crippen molar-refractivity contribution in [3.05, 3.63) is 0 Å². The molecule has 0 saturated carbocycles. The van der Waals surface area contributed by atoms with E-state index in [4.69, 9.17) is 0 Å². The van der Waals surface area contributed by atoms with Crippen LogP contribution in [0.1, 0.15) is 0 Å². The Kier molecular flexibility index (Phi) is 3.38. The third kappa shape index (κ3) is 7.18. The molecule has 0 saturated heterocycles. The number of amides is 1. The lowest BCUT2D eigenvalue weighted by atomic mass is 9.91. The molecule has 0 aliphatic heterocycles. The van der Waals surface area contributed by atoms with Crippen LogP contribution in [-0.2, 0) is 4.79 Å². The molecular weight excluding hydrogens is 160 g/mol. The molecule has 0 rings (SSSR count). The maximum Gasteiger partial charge on any atom is 0.492 e. The first-order valence-corrected chi connectivity index (χ1v) is 2.99. The molecule has 11 heavy (non-hydrogen) atoms. The molecule has 0 fully saturated rings. The normalized spacial score (nSPS) is 12.1. The van der Waals surface area contributed by atoms with E-state index in [9.17, 15) is 17.7 Å². The Labute approximate surface area is 62.4 Å². The summed E-state index contributed by atoms with van der Waals surface area (Å²) < 4.78 is 34.9. The van der Waals surface area contributed by atoms with Crippen molar-refractivity contribution in [2.45, 2.75) is 0 Å². The van der Waals surface area contributed by atoms with Gasteiger partial charge in [0.15, 0.2) is 0 Å². The summed E-state index contributed by atoms with van der Waals surface area (Å²) in [6, 6.07) is 0. The summed E-state index contributed by atoms with van der Waals surface area (Å²) in [7, 11) is 1.19. The average Bonchev–Trinajstić information content (AvgIpc) is 1.53. The molecule has 2 N–H and O–H groups in total. The summed E-state index contributed by atoms with van der Waals surface area (Å²) in [5, 5.41) is 0. The van der Waals surface area contributed by atoms with E-state index in [0.717, 1.165) is 4.90 Å². The molecule has 0 bridgehead atoms. The van der Waals surface area contributed by atoms with E-state index in [1.54, 1.807) is 0 Å². The smallest absolute Gasteiger partial charge is 0.448 e. The molecule has 0 radical (unpaired) electrons. The van der Waals surface area contributed by atoms with E-state index < -0.39 is 19.3 Å². The lowest BCUT2D eigenvalue weighted by Crippen LogP contribution is -2.40. The van der Waals surface area contributed by atoms with Crippen molar-refractivity contribution in [1.82, 2.24) is 4.90 Å². The molecule has 0 aromatic rings. The number of rotatable bonds is 4. The molecule has 1 amide bonds. The van der Waals surface area contributed by atoms with Crippen LogP contribution in [-0.4, -0.2) is 37.8 Å². The maximum atomic E-state index is 11.6. The SMILES string of the molecule is CN(CC(N)=O)C[B-](F)(F)F. The zero-order valence-corrected chi connectivity index (χ0v) is 6.06. The first-order chi connectivity index (χ1) is 4.81. The van der Waals surface area contributed by atoms with Crippen molar-refractivity contribution in [1.29, 1.82) is 0 Å². The van der Waals surface area contributed by atoms with Gasteiger partial charge in [-0.3, -0.25) is 4.79 Å². The summed E-state index contributed by atoms with van der Waals surface area (Å²) in [5.74, 6) is -0.757. The van der Waals surface area contributed by atoms with Gasteiger partial charge in [0, 0.05) is 0 Å². The Balaban J connectivity index is 3.69. The molecule has 3 nitrogen and oxygen atoms in total. The highest BCUT2D eigenvalue weighted by molar-refractivity contribution is 6.58. The number of carbonyl (C=O) groups excluding carboxylic acids is 1. The van der Waals surface area contributed by atoms with E-state index in [1.165, 1.54) is 7.05 Å². The molecular formula is C4H9BF3N2O-. The Morgan fingerprint density at radius 2 is 2.00 bits per heavy atom. The topological polar surface area (TPSA) is 46.3 Å². The molecule has 0 unspecified atom stereocenters. The highest BCUT2D eigenvalue weighted by Crippen LogP contribution is 2.08. The van der Waals surface area contributed by atoms with Gasteiger partial charge in [0.05, 0.1) is 6.54 Å². The Bertz CT molecular complexity index is 149. The number of likely N-dealkylation sites (N-methyl/N-ethyl adjacent to an activating group) is 1. The minimum absolute atomic E-state index is 0.360. The number of nitrogens with two attached hydrogens (primary N) is 1. The lowest BCUT2D eigenvalue weighted by Gasteiger charge is -2.21. The van der Waals surface area contributed by atoms with Crippen molar-refractivity contribution in [3.63, 3.8) is 0 Å².